The number of anilines is 1. The monoisotopic (exact) mass is 258 g/mol. The highest BCUT2D eigenvalue weighted by molar-refractivity contribution is 9.10. The number of ether oxygens (including phenoxy) is 1. The Balaban J connectivity index is 2.87. The lowest BCUT2D eigenvalue weighted by Crippen LogP contribution is -2.14. The first-order chi connectivity index (χ1) is 6.67. The van der Waals surface area contributed by atoms with E-state index in [1.807, 2.05) is 6.07 Å². The van der Waals surface area contributed by atoms with Crippen molar-refractivity contribution in [2.45, 2.75) is 26.3 Å². The van der Waals surface area contributed by atoms with Crippen molar-refractivity contribution >= 4 is 21.6 Å². The zero-order chi connectivity index (χ0) is 10.6. The Bertz CT molecular complexity index is 304. The molecule has 0 aliphatic heterocycles. The molecule has 1 rings (SSSR count). The SMILES string of the molecule is CCC(C)Nc1cc(Br)cnc1OC. The van der Waals surface area contributed by atoms with E-state index in [2.05, 4.69) is 40.1 Å². The van der Waals surface area contributed by atoms with Crippen LogP contribution in [0, 0.1) is 0 Å². The third kappa shape index (κ3) is 2.87. The second-order valence-electron chi connectivity index (χ2n) is 3.16. The van der Waals surface area contributed by atoms with Crippen molar-refractivity contribution in [1.82, 2.24) is 4.98 Å². The first-order valence-corrected chi connectivity index (χ1v) is 5.42. The maximum absolute atomic E-state index is 5.15. The molecule has 1 unspecified atom stereocenters. The quantitative estimate of drug-likeness (QED) is 0.902. The van der Waals surface area contributed by atoms with Gasteiger partial charge in [-0.2, -0.15) is 0 Å². The van der Waals surface area contributed by atoms with Gasteiger partial charge in [-0.3, -0.25) is 0 Å². The first kappa shape index (κ1) is 11.3. The molecule has 0 saturated carbocycles. The minimum absolute atomic E-state index is 0.417. The lowest BCUT2D eigenvalue weighted by molar-refractivity contribution is 0.399. The average Bonchev–Trinajstić information content (AvgIpc) is 2.18. The molecule has 0 amide bonds. The third-order valence-electron chi connectivity index (χ3n) is 2.03. The van der Waals surface area contributed by atoms with E-state index in [1.54, 1.807) is 13.3 Å². The largest absolute Gasteiger partial charge is 0.480 e. The Morgan fingerprint density at radius 3 is 2.93 bits per heavy atom. The predicted octanol–water partition coefficient (Wildman–Crippen LogP) is 3.06. The summed E-state index contributed by atoms with van der Waals surface area (Å²) in [6, 6.07) is 2.39. The van der Waals surface area contributed by atoms with E-state index >= 15 is 0 Å². The molecular formula is C10H15BrN2O. The van der Waals surface area contributed by atoms with E-state index in [-0.39, 0.29) is 0 Å². The van der Waals surface area contributed by atoms with Crippen LogP contribution < -0.4 is 10.1 Å². The lowest BCUT2D eigenvalue weighted by Gasteiger charge is -2.15. The molecule has 4 heteroatoms. The lowest BCUT2D eigenvalue weighted by atomic mass is 10.2. The number of nitrogens with one attached hydrogen (secondary N) is 1. The molecule has 14 heavy (non-hydrogen) atoms. The fourth-order valence-electron chi connectivity index (χ4n) is 1.06. The summed E-state index contributed by atoms with van der Waals surface area (Å²) < 4.78 is 6.10. The zero-order valence-corrected chi connectivity index (χ0v) is 10.3. The van der Waals surface area contributed by atoms with E-state index in [1.165, 1.54) is 0 Å². The topological polar surface area (TPSA) is 34.2 Å². The molecule has 0 aromatic carbocycles. The van der Waals surface area contributed by atoms with Gasteiger partial charge in [0.25, 0.3) is 0 Å². The molecule has 0 aliphatic rings. The number of rotatable bonds is 4. The van der Waals surface area contributed by atoms with Crippen molar-refractivity contribution < 1.29 is 4.74 Å². The summed E-state index contributed by atoms with van der Waals surface area (Å²) in [5.41, 5.74) is 0.927. The number of methoxy groups -OCH3 is 1. The average molecular weight is 259 g/mol. The van der Waals surface area contributed by atoms with E-state index in [0.717, 1.165) is 16.6 Å². The summed E-state index contributed by atoms with van der Waals surface area (Å²) in [5.74, 6) is 0.633. The summed E-state index contributed by atoms with van der Waals surface area (Å²) in [5, 5.41) is 3.33. The Kier molecular flexibility index (Phi) is 4.20. The van der Waals surface area contributed by atoms with Gasteiger partial charge in [0.1, 0.15) is 0 Å². The fourth-order valence-corrected chi connectivity index (χ4v) is 1.39. The van der Waals surface area contributed by atoms with Crippen LogP contribution in [-0.4, -0.2) is 18.1 Å². The zero-order valence-electron chi connectivity index (χ0n) is 8.67. The molecular weight excluding hydrogens is 244 g/mol. The van der Waals surface area contributed by atoms with Gasteiger partial charge in [-0.25, -0.2) is 4.98 Å². The molecule has 1 N–H and O–H groups in total. The van der Waals surface area contributed by atoms with Gasteiger partial charge in [0.15, 0.2) is 0 Å². The molecule has 0 aliphatic carbocycles. The molecule has 3 nitrogen and oxygen atoms in total. The number of aromatic nitrogens is 1. The first-order valence-electron chi connectivity index (χ1n) is 4.63. The predicted molar refractivity (Wildman–Crippen MR) is 61.9 cm³/mol. The minimum Gasteiger partial charge on any atom is -0.480 e. The van der Waals surface area contributed by atoms with Crippen molar-refractivity contribution in [2.75, 3.05) is 12.4 Å². The Morgan fingerprint density at radius 1 is 1.64 bits per heavy atom. The van der Waals surface area contributed by atoms with Crippen LogP contribution >= 0.6 is 15.9 Å². The normalized spacial score (nSPS) is 12.3. The number of halogens is 1. The van der Waals surface area contributed by atoms with Crippen LogP contribution in [0.1, 0.15) is 20.3 Å². The maximum Gasteiger partial charge on any atom is 0.237 e. The summed E-state index contributed by atoms with van der Waals surface area (Å²) in [6.07, 6.45) is 2.79. The van der Waals surface area contributed by atoms with Crippen LogP contribution in [0.5, 0.6) is 5.88 Å². The molecule has 1 aromatic heterocycles. The maximum atomic E-state index is 5.15. The summed E-state index contributed by atoms with van der Waals surface area (Å²) >= 11 is 3.38. The molecule has 0 bridgehead atoms. The minimum atomic E-state index is 0.417. The summed E-state index contributed by atoms with van der Waals surface area (Å²) in [7, 11) is 1.62. The fraction of sp³-hybridized carbons (Fsp3) is 0.500. The van der Waals surface area contributed by atoms with Gasteiger partial charge >= 0.3 is 0 Å². The molecule has 1 aromatic rings. The second-order valence-corrected chi connectivity index (χ2v) is 4.08. The van der Waals surface area contributed by atoms with Gasteiger partial charge in [-0.15, -0.1) is 0 Å². The van der Waals surface area contributed by atoms with Gasteiger partial charge < -0.3 is 10.1 Å². The van der Waals surface area contributed by atoms with Crippen LogP contribution in [0.3, 0.4) is 0 Å². The van der Waals surface area contributed by atoms with Crippen LogP contribution in [-0.2, 0) is 0 Å². The van der Waals surface area contributed by atoms with E-state index < -0.39 is 0 Å². The number of hydrogen-bond donors (Lipinski definition) is 1. The van der Waals surface area contributed by atoms with Crippen molar-refractivity contribution in [3.05, 3.63) is 16.7 Å². The van der Waals surface area contributed by atoms with Crippen molar-refractivity contribution in [2.24, 2.45) is 0 Å². The van der Waals surface area contributed by atoms with Crippen LogP contribution in [0.2, 0.25) is 0 Å². The van der Waals surface area contributed by atoms with E-state index in [4.69, 9.17) is 4.74 Å². The van der Waals surface area contributed by atoms with Crippen LogP contribution in [0.15, 0.2) is 16.7 Å². The van der Waals surface area contributed by atoms with Gasteiger partial charge in [0, 0.05) is 16.7 Å². The Morgan fingerprint density at radius 2 is 2.36 bits per heavy atom. The highest BCUT2D eigenvalue weighted by Gasteiger charge is 2.07. The van der Waals surface area contributed by atoms with Crippen molar-refractivity contribution in [1.29, 1.82) is 0 Å². The Hall–Kier alpha value is -0.770. The third-order valence-corrected chi connectivity index (χ3v) is 2.46. The van der Waals surface area contributed by atoms with Gasteiger partial charge in [0.05, 0.1) is 12.8 Å². The Labute approximate surface area is 93.0 Å². The van der Waals surface area contributed by atoms with Gasteiger partial charge in [0.2, 0.25) is 5.88 Å². The summed E-state index contributed by atoms with van der Waals surface area (Å²) in [4.78, 5) is 4.15. The molecule has 1 atom stereocenters. The van der Waals surface area contributed by atoms with Crippen LogP contribution in [0.4, 0.5) is 5.69 Å². The molecule has 0 radical (unpaired) electrons. The van der Waals surface area contributed by atoms with Gasteiger partial charge in [-0.1, -0.05) is 6.92 Å². The van der Waals surface area contributed by atoms with Crippen molar-refractivity contribution in [3.63, 3.8) is 0 Å². The standard InChI is InChI=1S/C10H15BrN2O/c1-4-7(2)13-9-5-8(11)6-12-10(9)14-3/h5-7,13H,4H2,1-3H3. The van der Waals surface area contributed by atoms with E-state index in [0.29, 0.717) is 11.9 Å². The van der Waals surface area contributed by atoms with E-state index in [9.17, 15) is 0 Å². The summed E-state index contributed by atoms with van der Waals surface area (Å²) in [6.45, 7) is 4.26. The number of nitrogens with zero attached hydrogens (tertiary/aromatic N) is 1. The molecule has 78 valence electrons. The highest BCUT2D eigenvalue weighted by atomic mass is 79.9. The highest BCUT2D eigenvalue weighted by Crippen LogP contribution is 2.25. The second kappa shape index (κ2) is 5.20. The number of pyridine rings is 1. The van der Waals surface area contributed by atoms with Crippen LogP contribution in [0.25, 0.3) is 0 Å². The molecule has 1 heterocycles. The van der Waals surface area contributed by atoms with Crippen molar-refractivity contribution in [3.8, 4) is 5.88 Å². The van der Waals surface area contributed by atoms with Gasteiger partial charge in [-0.05, 0) is 35.3 Å². The molecule has 0 spiro atoms. The smallest absolute Gasteiger partial charge is 0.237 e. The number of hydrogen-bond acceptors (Lipinski definition) is 3. The molecule has 0 fully saturated rings. The molecule has 0 saturated heterocycles.